The first kappa shape index (κ1) is 21.7. The van der Waals surface area contributed by atoms with Gasteiger partial charge in [-0.05, 0) is 71.8 Å². The highest BCUT2D eigenvalue weighted by atomic mass is 16.5. The first-order valence-electron chi connectivity index (χ1n) is 12.4. The van der Waals surface area contributed by atoms with E-state index in [-0.39, 0.29) is 5.41 Å². The summed E-state index contributed by atoms with van der Waals surface area (Å²) in [5, 5.41) is 4.83. The van der Waals surface area contributed by atoms with Gasteiger partial charge in [0, 0.05) is 10.8 Å². The molecule has 5 aromatic rings. The minimum Gasteiger partial charge on any atom is -0.453 e. The number of anilines is 3. The van der Waals surface area contributed by atoms with Gasteiger partial charge < -0.3 is 9.64 Å². The van der Waals surface area contributed by atoms with Crippen molar-refractivity contribution in [3.8, 4) is 11.5 Å². The predicted octanol–water partition coefficient (Wildman–Crippen LogP) is 9.79. The maximum absolute atomic E-state index is 6.60. The predicted molar refractivity (Wildman–Crippen MR) is 149 cm³/mol. The Labute approximate surface area is 207 Å². The Morgan fingerprint density at radius 1 is 0.600 bits per heavy atom. The Kier molecular flexibility index (Phi) is 4.73. The Morgan fingerprint density at radius 2 is 1.17 bits per heavy atom. The summed E-state index contributed by atoms with van der Waals surface area (Å²) >= 11 is 0. The van der Waals surface area contributed by atoms with Crippen molar-refractivity contribution in [2.45, 2.75) is 47.0 Å². The molecule has 1 aliphatic rings. The molecule has 174 valence electrons. The Bertz CT molecular complexity index is 1610. The van der Waals surface area contributed by atoms with Crippen LogP contribution in [0.2, 0.25) is 0 Å². The highest BCUT2D eigenvalue weighted by Gasteiger charge is 2.32. The van der Waals surface area contributed by atoms with Crippen LogP contribution in [-0.2, 0) is 5.41 Å². The van der Waals surface area contributed by atoms with Crippen molar-refractivity contribution in [3.63, 3.8) is 0 Å². The van der Waals surface area contributed by atoms with E-state index in [4.69, 9.17) is 4.74 Å². The van der Waals surface area contributed by atoms with Crippen molar-refractivity contribution < 1.29 is 4.74 Å². The number of hydrogen-bond acceptors (Lipinski definition) is 2. The van der Waals surface area contributed by atoms with Crippen LogP contribution in [0, 0.1) is 20.8 Å². The molecule has 35 heavy (non-hydrogen) atoms. The summed E-state index contributed by atoms with van der Waals surface area (Å²) in [4.78, 5) is 2.47. The largest absolute Gasteiger partial charge is 0.453 e. The summed E-state index contributed by atoms with van der Waals surface area (Å²) in [7, 11) is 0. The topological polar surface area (TPSA) is 12.5 Å². The maximum Gasteiger partial charge on any atom is 0.152 e. The zero-order chi connectivity index (χ0) is 24.5. The van der Waals surface area contributed by atoms with Gasteiger partial charge in [0.05, 0.1) is 17.1 Å². The Morgan fingerprint density at radius 3 is 1.83 bits per heavy atom. The molecule has 0 bridgehead atoms. The standard InChI is InChI=1S/C33H31NO/c1-20-11-12-24-14-16-29-32(27(24)17-20)34(30-21(2)18-25(19-22(30)3)33(4,5)6)31-26-10-8-7-9-23(26)13-15-28(31)35-29/h7-19H,1-6H3. The number of nitrogens with zero attached hydrogens (tertiary/aromatic N) is 1. The molecule has 0 atom stereocenters. The van der Waals surface area contributed by atoms with Crippen molar-refractivity contribution in [2.75, 3.05) is 4.90 Å². The van der Waals surface area contributed by atoms with E-state index in [0.717, 1.165) is 22.9 Å². The molecule has 0 saturated heterocycles. The van der Waals surface area contributed by atoms with Gasteiger partial charge in [0.25, 0.3) is 0 Å². The van der Waals surface area contributed by atoms with Gasteiger partial charge in [-0.3, -0.25) is 0 Å². The summed E-state index contributed by atoms with van der Waals surface area (Å²) in [6, 6.07) is 28.6. The number of benzene rings is 5. The fourth-order valence-corrected chi connectivity index (χ4v) is 5.45. The minimum absolute atomic E-state index is 0.0887. The van der Waals surface area contributed by atoms with E-state index in [1.165, 1.54) is 49.5 Å². The minimum atomic E-state index is 0.0887. The molecule has 0 amide bonds. The molecular formula is C33H31NO. The van der Waals surface area contributed by atoms with Crippen molar-refractivity contribution in [1.29, 1.82) is 0 Å². The summed E-state index contributed by atoms with van der Waals surface area (Å²) in [6.45, 7) is 13.5. The highest BCUT2D eigenvalue weighted by molar-refractivity contribution is 6.10. The van der Waals surface area contributed by atoms with E-state index in [9.17, 15) is 0 Å². The third-order valence-corrected chi connectivity index (χ3v) is 7.22. The van der Waals surface area contributed by atoms with Crippen LogP contribution < -0.4 is 9.64 Å². The fourth-order valence-electron chi connectivity index (χ4n) is 5.45. The van der Waals surface area contributed by atoms with Crippen LogP contribution >= 0.6 is 0 Å². The van der Waals surface area contributed by atoms with Gasteiger partial charge in [0.2, 0.25) is 0 Å². The van der Waals surface area contributed by atoms with E-state index < -0.39 is 0 Å². The molecule has 1 heterocycles. The summed E-state index contributed by atoms with van der Waals surface area (Å²) in [5.41, 5.74) is 8.68. The average molecular weight is 458 g/mol. The molecule has 0 spiro atoms. The third-order valence-electron chi connectivity index (χ3n) is 7.22. The first-order chi connectivity index (χ1) is 16.7. The molecule has 0 aliphatic carbocycles. The number of fused-ring (bicyclic) bond motifs is 6. The third kappa shape index (κ3) is 3.39. The van der Waals surface area contributed by atoms with Gasteiger partial charge in [0.15, 0.2) is 11.5 Å². The summed E-state index contributed by atoms with van der Waals surface area (Å²) in [5.74, 6) is 1.78. The normalized spacial score (nSPS) is 13.0. The van der Waals surface area contributed by atoms with Gasteiger partial charge in [-0.1, -0.05) is 87.0 Å². The molecule has 0 fully saturated rings. The Balaban J connectivity index is 1.76. The molecule has 5 aromatic carbocycles. The fraction of sp³-hybridized carbons (Fsp3) is 0.212. The molecule has 0 unspecified atom stereocenters. The average Bonchev–Trinajstić information content (AvgIpc) is 2.82. The van der Waals surface area contributed by atoms with Crippen LogP contribution in [0.1, 0.15) is 43.0 Å². The van der Waals surface area contributed by atoms with Crippen molar-refractivity contribution >= 4 is 38.6 Å². The van der Waals surface area contributed by atoms with Gasteiger partial charge in [-0.2, -0.15) is 0 Å². The Hall–Kier alpha value is -3.78. The lowest BCUT2D eigenvalue weighted by Gasteiger charge is -2.37. The van der Waals surface area contributed by atoms with Gasteiger partial charge >= 0.3 is 0 Å². The molecule has 0 N–H and O–H groups in total. The zero-order valence-corrected chi connectivity index (χ0v) is 21.4. The van der Waals surface area contributed by atoms with E-state index in [1.807, 2.05) is 0 Å². The summed E-state index contributed by atoms with van der Waals surface area (Å²) in [6.07, 6.45) is 0. The van der Waals surface area contributed by atoms with Gasteiger partial charge in [-0.25, -0.2) is 0 Å². The van der Waals surface area contributed by atoms with Crippen LogP contribution in [-0.4, -0.2) is 0 Å². The van der Waals surface area contributed by atoms with Gasteiger partial charge in [-0.15, -0.1) is 0 Å². The molecule has 0 aromatic heterocycles. The van der Waals surface area contributed by atoms with E-state index in [1.54, 1.807) is 0 Å². The number of aryl methyl sites for hydroxylation is 3. The quantitative estimate of drug-likeness (QED) is 0.244. The maximum atomic E-state index is 6.60. The highest BCUT2D eigenvalue weighted by Crippen LogP contribution is 2.56. The number of hydrogen-bond donors (Lipinski definition) is 0. The lowest BCUT2D eigenvalue weighted by molar-refractivity contribution is 0.478. The van der Waals surface area contributed by atoms with Crippen molar-refractivity contribution in [1.82, 2.24) is 0 Å². The lowest BCUT2D eigenvalue weighted by Crippen LogP contribution is -2.20. The summed E-state index contributed by atoms with van der Waals surface area (Å²) < 4.78 is 6.60. The lowest BCUT2D eigenvalue weighted by atomic mass is 9.84. The van der Waals surface area contributed by atoms with Crippen LogP contribution in [0.25, 0.3) is 21.5 Å². The second kappa shape index (κ2) is 7.61. The molecule has 2 heteroatoms. The van der Waals surface area contributed by atoms with Crippen LogP contribution in [0.3, 0.4) is 0 Å². The van der Waals surface area contributed by atoms with Crippen LogP contribution in [0.4, 0.5) is 17.1 Å². The first-order valence-corrected chi connectivity index (χ1v) is 12.4. The molecule has 0 radical (unpaired) electrons. The second-order valence-electron chi connectivity index (χ2n) is 10.9. The monoisotopic (exact) mass is 457 g/mol. The zero-order valence-electron chi connectivity index (χ0n) is 21.4. The van der Waals surface area contributed by atoms with Gasteiger partial charge in [0.1, 0.15) is 0 Å². The molecule has 1 aliphatic heterocycles. The van der Waals surface area contributed by atoms with Crippen LogP contribution in [0.15, 0.2) is 78.9 Å². The molecular weight excluding hydrogens is 426 g/mol. The second-order valence-corrected chi connectivity index (χ2v) is 10.9. The molecule has 0 saturated carbocycles. The smallest absolute Gasteiger partial charge is 0.152 e. The number of ether oxygens (including phenoxy) is 1. The van der Waals surface area contributed by atoms with E-state index in [0.29, 0.717) is 0 Å². The number of rotatable bonds is 1. The molecule has 2 nitrogen and oxygen atoms in total. The van der Waals surface area contributed by atoms with Crippen molar-refractivity contribution in [3.05, 3.63) is 101 Å². The SMILES string of the molecule is Cc1ccc2ccc3c(c2c1)N(c1c(C)cc(C(C)(C)C)cc1C)c1c(ccc2ccccc12)O3. The van der Waals surface area contributed by atoms with E-state index >= 15 is 0 Å². The van der Waals surface area contributed by atoms with Crippen LogP contribution in [0.5, 0.6) is 11.5 Å². The van der Waals surface area contributed by atoms with Crippen molar-refractivity contribution in [2.24, 2.45) is 0 Å². The van der Waals surface area contributed by atoms with E-state index in [2.05, 4.69) is 125 Å². The molecule has 6 rings (SSSR count).